The van der Waals surface area contributed by atoms with Crippen LogP contribution in [-0.2, 0) is 0 Å². The lowest BCUT2D eigenvalue weighted by Gasteiger charge is -2.08. The SMILES string of the molecule is OC(=C1CCCC1=C1C=CC=C1)c1ccccc1. The Morgan fingerprint density at radius 1 is 0.944 bits per heavy atom. The Kier molecular flexibility index (Phi) is 2.89. The molecule has 3 rings (SSSR count). The van der Waals surface area contributed by atoms with Gasteiger partial charge in [0.2, 0.25) is 0 Å². The van der Waals surface area contributed by atoms with Crippen molar-refractivity contribution in [2.75, 3.05) is 0 Å². The minimum atomic E-state index is 0.448. The fraction of sp³-hybridized carbons (Fsp3) is 0.176. The molecule has 0 bridgehead atoms. The zero-order valence-electron chi connectivity index (χ0n) is 10.3. The molecule has 0 heterocycles. The van der Waals surface area contributed by atoms with Gasteiger partial charge >= 0.3 is 0 Å². The molecule has 18 heavy (non-hydrogen) atoms. The van der Waals surface area contributed by atoms with Crippen molar-refractivity contribution < 1.29 is 5.11 Å². The fourth-order valence-electron chi connectivity index (χ4n) is 2.67. The molecule has 0 atom stereocenters. The highest BCUT2D eigenvalue weighted by atomic mass is 16.3. The summed E-state index contributed by atoms with van der Waals surface area (Å²) in [6.07, 6.45) is 11.5. The van der Waals surface area contributed by atoms with Crippen molar-refractivity contribution in [1.29, 1.82) is 0 Å². The third-order valence-corrected chi connectivity index (χ3v) is 3.56. The van der Waals surface area contributed by atoms with E-state index in [4.69, 9.17) is 0 Å². The van der Waals surface area contributed by atoms with Crippen LogP contribution in [0.2, 0.25) is 0 Å². The average Bonchev–Trinajstić information content (AvgIpc) is 3.09. The molecular weight excluding hydrogens is 220 g/mol. The lowest BCUT2D eigenvalue weighted by molar-refractivity contribution is 0.506. The van der Waals surface area contributed by atoms with Crippen molar-refractivity contribution in [3.8, 4) is 0 Å². The van der Waals surface area contributed by atoms with Crippen LogP contribution in [0.25, 0.3) is 5.76 Å². The summed E-state index contributed by atoms with van der Waals surface area (Å²) in [4.78, 5) is 0. The van der Waals surface area contributed by atoms with E-state index in [2.05, 4.69) is 24.3 Å². The maximum atomic E-state index is 10.4. The second-order valence-corrected chi connectivity index (χ2v) is 4.70. The van der Waals surface area contributed by atoms with Crippen molar-refractivity contribution in [3.63, 3.8) is 0 Å². The molecule has 0 spiro atoms. The molecule has 90 valence electrons. The van der Waals surface area contributed by atoms with Crippen LogP contribution in [0.15, 0.2) is 71.4 Å². The molecule has 1 saturated carbocycles. The first-order valence-electron chi connectivity index (χ1n) is 6.42. The highest BCUT2D eigenvalue weighted by Gasteiger charge is 2.21. The van der Waals surface area contributed by atoms with E-state index in [9.17, 15) is 5.11 Å². The second kappa shape index (κ2) is 4.69. The molecule has 0 aromatic heterocycles. The molecule has 1 N–H and O–H groups in total. The lowest BCUT2D eigenvalue weighted by atomic mass is 9.99. The molecule has 1 heteroatoms. The second-order valence-electron chi connectivity index (χ2n) is 4.70. The van der Waals surface area contributed by atoms with Crippen molar-refractivity contribution in [2.24, 2.45) is 0 Å². The van der Waals surface area contributed by atoms with Gasteiger partial charge in [-0.3, -0.25) is 0 Å². The van der Waals surface area contributed by atoms with Gasteiger partial charge in [0.05, 0.1) is 0 Å². The van der Waals surface area contributed by atoms with Crippen molar-refractivity contribution in [2.45, 2.75) is 19.3 Å². The Bertz CT molecular complexity index is 557. The van der Waals surface area contributed by atoms with Gasteiger partial charge in [0.25, 0.3) is 0 Å². The minimum absolute atomic E-state index is 0.448. The minimum Gasteiger partial charge on any atom is -0.507 e. The average molecular weight is 236 g/mol. The van der Waals surface area contributed by atoms with Gasteiger partial charge in [0, 0.05) is 5.56 Å². The van der Waals surface area contributed by atoms with Gasteiger partial charge < -0.3 is 5.11 Å². The summed E-state index contributed by atoms with van der Waals surface area (Å²) < 4.78 is 0. The smallest absolute Gasteiger partial charge is 0.126 e. The van der Waals surface area contributed by atoms with Gasteiger partial charge in [-0.15, -0.1) is 0 Å². The van der Waals surface area contributed by atoms with Crippen LogP contribution in [0.1, 0.15) is 24.8 Å². The third-order valence-electron chi connectivity index (χ3n) is 3.56. The Hall–Kier alpha value is -2.02. The number of aliphatic hydroxyl groups is 1. The van der Waals surface area contributed by atoms with Gasteiger partial charge in [0.1, 0.15) is 5.76 Å². The van der Waals surface area contributed by atoms with Gasteiger partial charge in [-0.2, -0.15) is 0 Å². The standard InChI is InChI=1S/C17H16O/c18-17(14-9-2-1-3-10-14)16-12-6-11-15(16)13-7-4-5-8-13/h1-5,7-10,18H,6,11-12H2. The summed E-state index contributed by atoms with van der Waals surface area (Å²) in [7, 11) is 0. The van der Waals surface area contributed by atoms with E-state index >= 15 is 0 Å². The van der Waals surface area contributed by atoms with Crippen LogP contribution < -0.4 is 0 Å². The maximum absolute atomic E-state index is 10.4. The van der Waals surface area contributed by atoms with E-state index in [1.54, 1.807) is 0 Å². The van der Waals surface area contributed by atoms with Crippen LogP contribution >= 0.6 is 0 Å². The first-order valence-corrected chi connectivity index (χ1v) is 6.42. The van der Waals surface area contributed by atoms with E-state index < -0.39 is 0 Å². The molecule has 2 aliphatic carbocycles. The summed E-state index contributed by atoms with van der Waals surface area (Å²) in [5, 5.41) is 10.4. The molecule has 1 fully saturated rings. The predicted octanol–water partition coefficient (Wildman–Crippen LogP) is 4.56. The third kappa shape index (κ3) is 1.92. The van der Waals surface area contributed by atoms with Gasteiger partial charge in [-0.1, -0.05) is 54.6 Å². The van der Waals surface area contributed by atoms with Crippen LogP contribution in [0.3, 0.4) is 0 Å². The number of hydrogen-bond acceptors (Lipinski definition) is 1. The summed E-state index contributed by atoms with van der Waals surface area (Å²) in [5.41, 5.74) is 4.59. The van der Waals surface area contributed by atoms with Crippen LogP contribution in [0, 0.1) is 0 Å². The monoisotopic (exact) mass is 236 g/mol. The zero-order chi connectivity index (χ0) is 12.4. The van der Waals surface area contributed by atoms with E-state index in [1.165, 1.54) is 11.1 Å². The van der Waals surface area contributed by atoms with Gasteiger partial charge in [0.15, 0.2) is 0 Å². The first kappa shape index (κ1) is 11.1. The maximum Gasteiger partial charge on any atom is 0.126 e. The molecule has 0 saturated heterocycles. The van der Waals surface area contributed by atoms with Crippen molar-refractivity contribution in [3.05, 3.63) is 76.9 Å². The highest BCUT2D eigenvalue weighted by molar-refractivity contribution is 5.69. The molecular formula is C17H16O. The summed E-state index contributed by atoms with van der Waals surface area (Å²) in [6, 6.07) is 9.82. The zero-order valence-corrected chi connectivity index (χ0v) is 10.3. The number of aliphatic hydroxyl groups excluding tert-OH is 1. The van der Waals surface area contributed by atoms with Crippen LogP contribution in [-0.4, -0.2) is 5.11 Å². The Labute approximate surface area is 107 Å². The fourth-order valence-corrected chi connectivity index (χ4v) is 2.67. The molecule has 1 aromatic rings. The first-order chi connectivity index (χ1) is 8.86. The van der Waals surface area contributed by atoms with Crippen LogP contribution in [0.5, 0.6) is 0 Å². The number of benzene rings is 1. The van der Waals surface area contributed by atoms with Crippen molar-refractivity contribution in [1.82, 2.24) is 0 Å². The van der Waals surface area contributed by atoms with Gasteiger partial charge in [-0.05, 0) is 36.0 Å². The normalized spacial score (nSPS) is 20.9. The largest absolute Gasteiger partial charge is 0.507 e. The van der Waals surface area contributed by atoms with E-state index in [0.717, 1.165) is 30.4 Å². The highest BCUT2D eigenvalue weighted by Crippen LogP contribution is 2.38. The predicted molar refractivity (Wildman–Crippen MR) is 75.1 cm³/mol. The molecule has 0 unspecified atom stereocenters. The summed E-state index contributed by atoms with van der Waals surface area (Å²) in [5.74, 6) is 0.448. The number of allylic oxidation sites excluding steroid dienone is 7. The number of hydrogen-bond donors (Lipinski definition) is 1. The number of rotatable bonds is 1. The summed E-state index contributed by atoms with van der Waals surface area (Å²) >= 11 is 0. The van der Waals surface area contributed by atoms with E-state index in [1.807, 2.05) is 30.3 Å². The molecule has 0 radical (unpaired) electrons. The Balaban J connectivity index is 2.08. The molecule has 0 amide bonds. The topological polar surface area (TPSA) is 20.2 Å². The molecule has 0 aliphatic heterocycles. The molecule has 1 aromatic carbocycles. The lowest BCUT2D eigenvalue weighted by Crippen LogP contribution is -1.91. The van der Waals surface area contributed by atoms with Crippen molar-refractivity contribution >= 4 is 5.76 Å². The Morgan fingerprint density at radius 3 is 2.39 bits per heavy atom. The van der Waals surface area contributed by atoms with E-state index in [-0.39, 0.29) is 0 Å². The summed E-state index contributed by atoms with van der Waals surface area (Å²) in [6.45, 7) is 0. The van der Waals surface area contributed by atoms with Crippen LogP contribution in [0.4, 0.5) is 0 Å². The van der Waals surface area contributed by atoms with Gasteiger partial charge in [-0.25, -0.2) is 0 Å². The quantitative estimate of drug-likeness (QED) is 0.708. The van der Waals surface area contributed by atoms with E-state index in [0.29, 0.717) is 5.76 Å². The molecule has 1 nitrogen and oxygen atoms in total. The Morgan fingerprint density at radius 2 is 1.67 bits per heavy atom. The molecule has 2 aliphatic rings.